The minimum atomic E-state index is 0. The standard InChI is InChI=1S/Cu.7Pt. The summed E-state index contributed by atoms with van der Waals surface area (Å²) in [5.41, 5.74) is 0. The summed E-state index contributed by atoms with van der Waals surface area (Å²) in [6.45, 7) is 0. The van der Waals surface area contributed by atoms with E-state index in [1.807, 2.05) is 0 Å². The normalized spacial score (nSPS) is 0. The molecule has 0 N–H and O–H groups in total. The number of rotatable bonds is 0. The van der Waals surface area contributed by atoms with Crippen molar-refractivity contribution in [3.8, 4) is 0 Å². The molecule has 0 spiro atoms. The summed E-state index contributed by atoms with van der Waals surface area (Å²) in [6.07, 6.45) is 0. The molecule has 0 aliphatic carbocycles. The zero-order valence-electron chi connectivity index (χ0n) is 2.52. The van der Waals surface area contributed by atoms with Crippen LogP contribution in [0.15, 0.2) is 0 Å². The van der Waals surface area contributed by atoms with Crippen molar-refractivity contribution in [2.75, 3.05) is 0 Å². The topological polar surface area (TPSA) is 0 Å². The zero-order chi connectivity index (χ0) is 0. The van der Waals surface area contributed by atoms with Gasteiger partial charge in [0, 0.05) is 165 Å². The molecule has 0 saturated heterocycles. The second-order valence-electron chi connectivity index (χ2n) is 0. The average Bonchev–Trinajstić information content (AvgIpc) is 0. The first kappa shape index (κ1) is 71.3. The molecule has 8 heteroatoms. The minimum Gasteiger partial charge on any atom is 0 e. The van der Waals surface area contributed by atoms with E-state index in [9.17, 15) is 0 Å². The molecule has 0 heterocycles. The van der Waals surface area contributed by atoms with Gasteiger partial charge in [0.2, 0.25) is 0 Å². The molecule has 0 bridgehead atoms. The van der Waals surface area contributed by atoms with Crippen molar-refractivity contribution in [1.82, 2.24) is 0 Å². The van der Waals surface area contributed by atoms with Crippen LogP contribution in [0.3, 0.4) is 0 Å². The Morgan fingerprint density at radius 2 is 0.250 bits per heavy atom. The van der Waals surface area contributed by atoms with E-state index in [-0.39, 0.29) is 165 Å². The van der Waals surface area contributed by atoms with Gasteiger partial charge in [-0.2, -0.15) is 0 Å². The van der Waals surface area contributed by atoms with Crippen LogP contribution in [0.4, 0.5) is 0 Å². The fraction of sp³-hybridized carbons (Fsp3) is 0. The first-order chi connectivity index (χ1) is 0. The Bertz CT molecular complexity index is 4.35. The summed E-state index contributed by atoms with van der Waals surface area (Å²) >= 11 is 0. The maximum atomic E-state index is 0. The summed E-state index contributed by atoms with van der Waals surface area (Å²) < 4.78 is 0. The summed E-state index contributed by atoms with van der Waals surface area (Å²) in [5, 5.41) is 0. The van der Waals surface area contributed by atoms with Gasteiger partial charge in [-0.15, -0.1) is 0 Å². The Kier molecular flexibility index (Phi) is 496. The molecular weight excluding hydrogens is 1430 g/mol. The van der Waals surface area contributed by atoms with E-state index in [4.69, 9.17) is 0 Å². The second-order valence-corrected chi connectivity index (χ2v) is 0. The van der Waals surface area contributed by atoms with E-state index in [1.165, 1.54) is 0 Å². The van der Waals surface area contributed by atoms with Crippen molar-refractivity contribution in [3.05, 3.63) is 0 Å². The van der Waals surface area contributed by atoms with Crippen molar-refractivity contribution in [2.24, 2.45) is 0 Å². The molecule has 0 fully saturated rings. The molecule has 0 saturated carbocycles. The molecule has 0 unspecified atom stereocenters. The molecule has 0 aliphatic rings. The van der Waals surface area contributed by atoms with Gasteiger partial charge in [-0.25, -0.2) is 0 Å². The van der Waals surface area contributed by atoms with Crippen LogP contribution in [0.1, 0.15) is 0 Å². The molecule has 0 aromatic heterocycles. The maximum Gasteiger partial charge on any atom is 0 e. The molecular formula is CuPt7. The number of hydrogen-bond donors (Lipinski definition) is 0. The maximum absolute atomic E-state index is 0. The first-order valence-corrected chi connectivity index (χ1v) is 0. The van der Waals surface area contributed by atoms with Crippen LogP contribution in [-0.2, 0) is 165 Å². The summed E-state index contributed by atoms with van der Waals surface area (Å²) in [5.74, 6) is 0. The SMILES string of the molecule is [Cu].[Pt].[Pt].[Pt].[Pt].[Pt].[Pt].[Pt]. The first-order valence-electron chi connectivity index (χ1n) is 0. The Hall–Kier alpha value is 5.34. The van der Waals surface area contributed by atoms with Crippen LogP contribution in [0, 0.1) is 0 Å². The van der Waals surface area contributed by atoms with Gasteiger partial charge in [0.15, 0.2) is 0 Å². The van der Waals surface area contributed by atoms with E-state index >= 15 is 0 Å². The van der Waals surface area contributed by atoms with Crippen LogP contribution in [0.2, 0.25) is 0 Å². The molecule has 0 aromatic rings. The summed E-state index contributed by atoms with van der Waals surface area (Å²) in [6, 6.07) is 0. The molecule has 0 rings (SSSR count). The third kappa shape index (κ3) is 42.5. The van der Waals surface area contributed by atoms with Crippen molar-refractivity contribution >= 4 is 0 Å². The third-order valence-electron chi connectivity index (χ3n) is 0. The fourth-order valence-electron chi connectivity index (χ4n) is 0. The van der Waals surface area contributed by atoms with Crippen molar-refractivity contribution in [3.63, 3.8) is 0 Å². The Morgan fingerprint density at radius 3 is 0.250 bits per heavy atom. The summed E-state index contributed by atoms with van der Waals surface area (Å²) in [7, 11) is 0. The van der Waals surface area contributed by atoms with Crippen molar-refractivity contribution in [1.29, 1.82) is 0 Å². The van der Waals surface area contributed by atoms with Gasteiger partial charge in [0.25, 0.3) is 0 Å². The smallest absolute Gasteiger partial charge is 0 e. The van der Waals surface area contributed by atoms with E-state index in [0.717, 1.165) is 0 Å². The van der Waals surface area contributed by atoms with E-state index < -0.39 is 0 Å². The molecule has 0 nitrogen and oxygen atoms in total. The van der Waals surface area contributed by atoms with E-state index in [2.05, 4.69) is 0 Å². The molecule has 81 valence electrons. The van der Waals surface area contributed by atoms with Gasteiger partial charge in [-0.05, 0) is 0 Å². The van der Waals surface area contributed by atoms with E-state index in [1.54, 1.807) is 0 Å². The molecule has 0 aromatic carbocycles. The number of hydrogen-bond acceptors (Lipinski definition) is 0. The Morgan fingerprint density at radius 1 is 0.250 bits per heavy atom. The molecule has 0 atom stereocenters. The van der Waals surface area contributed by atoms with Gasteiger partial charge in [0.05, 0.1) is 0 Å². The molecule has 0 aliphatic heterocycles. The van der Waals surface area contributed by atoms with Crippen LogP contribution in [0.5, 0.6) is 0 Å². The summed E-state index contributed by atoms with van der Waals surface area (Å²) in [4.78, 5) is 0. The second kappa shape index (κ2) is 55.7. The molecule has 8 heavy (non-hydrogen) atoms. The predicted octanol–water partition coefficient (Wildman–Crippen LogP) is -0.0200. The van der Waals surface area contributed by atoms with Crippen LogP contribution >= 0.6 is 0 Å². The van der Waals surface area contributed by atoms with Crippen LogP contribution in [-0.4, -0.2) is 0 Å². The third-order valence-corrected chi connectivity index (χ3v) is 0. The van der Waals surface area contributed by atoms with Gasteiger partial charge >= 0.3 is 0 Å². The quantitative estimate of drug-likeness (QED) is 0.300. The molecule has 1 radical (unpaired) electrons. The Labute approximate surface area is 161 Å². The average molecular weight is 1430 g/mol. The zero-order valence-corrected chi connectivity index (χ0v) is 19.4. The minimum absolute atomic E-state index is 0. The Balaban J connectivity index is 0. The van der Waals surface area contributed by atoms with Gasteiger partial charge in [-0.3, -0.25) is 0 Å². The van der Waals surface area contributed by atoms with Gasteiger partial charge in [-0.1, -0.05) is 0 Å². The van der Waals surface area contributed by atoms with Gasteiger partial charge in [0.1, 0.15) is 0 Å². The van der Waals surface area contributed by atoms with E-state index in [0.29, 0.717) is 0 Å². The largest absolute Gasteiger partial charge is 0 e. The van der Waals surface area contributed by atoms with Crippen molar-refractivity contribution < 1.29 is 165 Å². The monoisotopic (exact) mass is 1430 g/mol. The fourth-order valence-corrected chi connectivity index (χ4v) is 0. The van der Waals surface area contributed by atoms with Crippen LogP contribution in [0.25, 0.3) is 0 Å². The van der Waals surface area contributed by atoms with Crippen molar-refractivity contribution in [2.45, 2.75) is 0 Å². The molecule has 0 amide bonds. The van der Waals surface area contributed by atoms with Gasteiger partial charge < -0.3 is 0 Å². The predicted molar refractivity (Wildman–Crippen MR) is 0 cm³/mol. The van der Waals surface area contributed by atoms with Crippen LogP contribution < -0.4 is 0 Å².